The minimum absolute atomic E-state index is 0.396. The van der Waals surface area contributed by atoms with E-state index in [-0.39, 0.29) is 0 Å². The van der Waals surface area contributed by atoms with Crippen molar-refractivity contribution in [2.24, 2.45) is 7.05 Å². The summed E-state index contributed by atoms with van der Waals surface area (Å²) in [6.07, 6.45) is 0. The molecule has 11 heavy (non-hydrogen) atoms. The predicted octanol–water partition coefficient (Wildman–Crippen LogP) is 0.639. The van der Waals surface area contributed by atoms with E-state index in [1.165, 1.54) is 15.9 Å². The Balaban J connectivity index is 3.12. The highest BCUT2D eigenvalue weighted by molar-refractivity contribution is 7.16. The summed E-state index contributed by atoms with van der Waals surface area (Å²) in [5.74, 6) is 0. The van der Waals surface area contributed by atoms with Crippen molar-refractivity contribution in [1.82, 2.24) is 9.30 Å². The summed E-state index contributed by atoms with van der Waals surface area (Å²) >= 11 is 1.34. The summed E-state index contributed by atoms with van der Waals surface area (Å²) in [4.78, 5) is 11.6. The lowest BCUT2D eigenvalue weighted by molar-refractivity contribution is 0.187. The molecule has 0 atom stereocenters. The highest BCUT2D eigenvalue weighted by Crippen LogP contribution is 2.17. The molecule has 0 saturated heterocycles. The van der Waals surface area contributed by atoms with Crippen LogP contribution in [0.4, 0.5) is 0 Å². The van der Waals surface area contributed by atoms with Crippen molar-refractivity contribution in [2.75, 3.05) is 0 Å². The van der Waals surface area contributed by atoms with Gasteiger partial charge in [0.1, 0.15) is 0 Å². The van der Waals surface area contributed by atoms with Gasteiger partial charge in [-0.25, -0.2) is 4.79 Å². The number of thiophene rings is 1. The van der Waals surface area contributed by atoms with Gasteiger partial charge in [0.25, 0.3) is 0 Å². The molecule has 0 unspecified atom stereocenters. The Morgan fingerprint density at radius 2 is 2.36 bits per heavy atom. The second-order valence-electron chi connectivity index (χ2n) is 2.26. The molecule has 0 saturated carbocycles. The van der Waals surface area contributed by atoms with Crippen LogP contribution in [0.1, 0.15) is 0 Å². The van der Waals surface area contributed by atoms with Crippen LogP contribution in [0.25, 0.3) is 10.3 Å². The summed E-state index contributed by atoms with van der Waals surface area (Å²) in [6, 6.07) is 1.80. The van der Waals surface area contributed by atoms with Gasteiger partial charge in [-0.3, -0.25) is 4.57 Å². The molecule has 2 aromatic rings. The van der Waals surface area contributed by atoms with E-state index >= 15 is 0 Å². The van der Waals surface area contributed by atoms with E-state index in [0.29, 0.717) is 9.56 Å². The summed E-state index contributed by atoms with van der Waals surface area (Å²) < 4.78 is 2.08. The largest absolute Gasteiger partial charge is 0.423 e. The van der Waals surface area contributed by atoms with Crippen LogP contribution in [-0.2, 0) is 7.05 Å². The van der Waals surface area contributed by atoms with E-state index in [9.17, 15) is 4.79 Å². The maximum atomic E-state index is 11.0. The van der Waals surface area contributed by atoms with E-state index in [1.54, 1.807) is 13.1 Å². The van der Waals surface area contributed by atoms with Crippen LogP contribution in [0.2, 0.25) is 0 Å². The molecule has 2 heterocycles. The maximum absolute atomic E-state index is 11.0. The molecule has 0 aliphatic heterocycles. The first kappa shape index (κ1) is 6.48. The van der Waals surface area contributed by atoms with E-state index < -0.39 is 5.69 Å². The van der Waals surface area contributed by atoms with Crippen molar-refractivity contribution < 1.29 is 5.21 Å². The zero-order valence-corrected chi connectivity index (χ0v) is 6.63. The fourth-order valence-corrected chi connectivity index (χ4v) is 1.87. The zero-order chi connectivity index (χ0) is 8.01. The van der Waals surface area contributed by atoms with Gasteiger partial charge in [0.15, 0.2) is 4.83 Å². The van der Waals surface area contributed by atoms with Crippen molar-refractivity contribution in [1.29, 1.82) is 0 Å². The van der Waals surface area contributed by atoms with Gasteiger partial charge in [-0.2, -0.15) is 0 Å². The molecule has 0 aromatic carbocycles. The second kappa shape index (κ2) is 1.88. The van der Waals surface area contributed by atoms with Gasteiger partial charge in [0, 0.05) is 7.05 Å². The average Bonchev–Trinajstić information content (AvgIpc) is 2.53. The van der Waals surface area contributed by atoms with Gasteiger partial charge < -0.3 is 5.21 Å². The van der Waals surface area contributed by atoms with Crippen molar-refractivity contribution >= 4 is 21.7 Å². The molecule has 58 valence electrons. The number of aromatic nitrogens is 2. The highest BCUT2D eigenvalue weighted by atomic mass is 32.1. The minimum Gasteiger partial charge on any atom is -0.423 e. The lowest BCUT2D eigenvalue weighted by atomic mass is 10.6. The van der Waals surface area contributed by atoms with E-state index in [1.807, 2.05) is 5.38 Å². The second-order valence-corrected chi connectivity index (χ2v) is 3.16. The Morgan fingerprint density at radius 3 is 3.00 bits per heavy atom. The molecule has 5 heteroatoms. The van der Waals surface area contributed by atoms with Crippen molar-refractivity contribution in [3.8, 4) is 0 Å². The zero-order valence-electron chi connectivity index (χ0n) is 5.81. The molecular formula is C6H6N2O2S. The maximum Gasteiger partial charge on any atom is 0.362 e. The summed E-state index contributed by atoms with van der Waals surface area (Å²) in [5, 5.41) is 11.0. The Labute approximate surface area is 65.9 Å². The van der Waals surface area contributed by atoms with E-state index in [2.05, 4.69) is 0 Å². The lowest BCUT2D eigenvalue weighted by Crippen LogP contribution is -2.20. The van der Waals surface area contributed by atoms with Crippen molar-refractivity contribution in [2.45, 2.75) is 0 Å². The first-order valence-electron chi connectivity index (χ1n) is 3.06. The van der Waals surface area contributed by atoms with Crippen LogP contribution in [0, 0.1) is 0 Å². The number of fused-ring (bicyclic) bond motifs is 1. The van der Waals surface area contributed by atoms with Crippen LogP contribution < -0.4 is 5.69 Å². The first-order valence-corrected chi connectivity index (χ1v) is 3.94. The van der Waals surface area contributed by atoms with Crippen LogP contribution >= 0.6 is 11.3 Å². The third-order valence-electron chi connectivity index (χ3n) is 1.65. The fraction of sp³-hybridized carbons (Fsp3) is 0.167. The third-order valence-corrected chi connectivity index (χ3v) is 2.52. The van der Waals surface area contributed by atoms with Crippen molar-refractivity contribution in [3.05, 3.63) is 21.9 Å². The van der Waals surface area contributed by atoms with Gasteiger partial charge >= 0.3 is 5.69 Å². The van der Waals surface area contributed by atoms with Crippen LogP contribution in [0.5, 0.6) is 0 Å². The first-order chi connectivity index (χ1) is 5.22. The molecule has 1 N–H and O–H groups in total. The molecule has 0 aliphatic rings. The van der Waals surface area contributed by atoms with Gasteiger partial charge in [-0.05, 0) is 11.4 Å². The van der Waals surface area contributed by atoms with Gasteiger partial charge in [-0.1, -0.05) is 0 Å². The molecule has 0 spiro atoms. The SMILES string of the molecule is Cn1c(=O)n(O)c2sccc21. The van der Waals surface area contributed by atoms with E-state index in [4.69, 9.17) is 5.21 Å². The number of nitrogens with zero attached hydrogens (tertiary/aromatic N) is 2. The van der Waals surface area contributed by atoms with Crippen LogP contribution in [0.3, 0.4) is 0 Å². The van der Waals surface area contributed by atoms with Crippen LogP contribution in [0.15, 0.2) is 16.2 Å². The molecule has 0 fully saturated rings. The third kappa shape index (κ3) is 0.655. The predicted molar refractivity (Wildman–Crippen MR) is 42.2 cm³/mol. The standard InChI is InChI=1S/C6H6N2O2S/c1-7-4-2-3-11-5(4)8(10)6(7)9/h2-3,10H,1H3. The molecule has 0 bridgehead atoms. The Kier molecular flexibility index (Phi) is 1.11. The average molecular weight is 170 g/mol. The molecule has 2 rings (SSSR count). The van der Waals surface area contributed by atoms with Crippen LogP contribution in [-0.4, -0.2) is 14.5 Å². The lowest BCUT2D eigenvalue weighted by Gasteiger charge is -1.84. The molecule has 4 nitrogen and oxygen atoms in total. The molecule has 0 aliphatic carbocycles. The molecular weight excluding hydrogens is 164 g/mol. The topological polar surface area (TPSA) is 47.2 Å². The van der Waals surface area contributed by atoms with E-state index in [0.717, 1.165) is 5.52 Å². The monoisotopic (exact) mass is 170 g/mol. The summed E-state index contributed by atoms with van der Waals surface area (Å²) in [6.45, 7) is 0. The quantitative estimate of drug-likeness (QED) is 0.590. The number of rotatable bonds is 0. The minimum atomic E-state index is -0.396. The number of hydrogen-bond acceptors (Lipinski definition) is 3. The van der Waals surface area contributed by atoms with Gasteiger partial charge in [0.2, 0.25) is 0 Å². The number of aryl methyl sites for hydroxylation is 1. The van der Waals surface area contributed by atoms with Crippen molar-refractivity contribution in [3.63, 3.8) is 0 Å². The highest BCUT2D eigenvalue weighted by Gasteiger charge is 2.09. The molecule has 2 aromatic heterocycles. The Morgan fingerprint density at radius 1 is 1.64 bits per heavy atom. The summed E-state index contributed by atoms with van der Waals surface area (Å²) in [5.41, 5.74) is 0.370. The number of hydrogen-bond donors (Lipinski definition) is 1. The molecule has 0 radical (unpaired) electrons. The normalized spacial score (nSPS) is 11.0. The Bertz CT molecular complexity index is 413. The number of imidazole rings is 1. The molecule has 0 amide bonds. The fourth-order valence-electron chi connectivity index (χ4n) is 1.04. The smallest absolute Gasteiger partial charge is 0.362 e. The van der Waals surface area contributed by atoms with Gasteiger partial charge in [-0.15, -0.1) is 16.1 Å². The Hall–Kier alpha value is -1.23. The summed E-state index contributed by atoms with van der Waals surface area (Å²) in [7, 11) is 1.63. The van der Waals surface area contributed by atoms with Gasteiger partial charge in [0.05, 0.1) is 5.52 Å².